The van der Waals surface area contributed by atoms with Crippen LogP contribution in [0.4, 0.5) is 0 Å². The number of esters is 1. The van der Waals surface area contributed by atoms with Gasteiger partial charge in [0.2, 0.25) is 0 Å². The van der Waals surface area contributed by atoms with Crippen molar-refractivity contribution in [2.45, 2.75) is 151 Å². The van der Waals surface area contributed by atoms with Crippen LogP contribution in [0.15, 0.2) is 11.1 Å². The smallest absolute Gasteiger partial charge is 0.310 e. The van der Waals surface area contributed by atoms with Crippen LogP contribution in [0.2, 0.25) is 0 Å². The Hall–Kier alpha value is -1.27. The summed E-state index contributed by atoms with van der Waals surface area (Å²) < 4.78 is 29.1. The van der Waals surface area contributed by atoms with Gasteiger partial charge < -0.3 is 64.5 Å². The lowest BCUT2D eigenvalue weighted by Gasteiger charge is -2.63. The van der Waals surface area contributed by atoms with Crippen molar-refractivity contribution in [1.82, 2.24) is 0 Å². The summed E-state index contributed by atoms with van der Waals surface area (Å²) in [5.74, 6) is 0.560. The molecule has 0 bridgehead atoms. The van der Waals surface area contributed by atoms with Gasteiger partial charge in [-0.05, 0) is 86.5 Å². The lowest BCUT2D eigenvalue weighted by Crippen LogP contribution is -2.65. The second-order valence-corrected chi connectivity index (χ2v) is 16.2. The quantitative estimate of drug-likeness (QED) is 0.0986. The minimum Gasteiger partial charge on any atom is -0.461 e. The van der Waals surface area contributed by atoms with Gasteiger partial charge in [0.1, 0.15) is 55.4 Å². The molecule has 14 nitrogen and oxygen atoms in total. The molecule has 3 heterocycles. The average Bonchev–Trinajstić information content (AvgIpc) is 3.63. The van der Waals surface area contributed by atoms with Gasteiger partial charge in [-0.1, -0.05) is 19.4 Å². The second kappa shape index (κ2) is 13.3. The molecule has 14 heteroatoms. The van der Waals surface area contributed by atoms with E-state index in [2.05, 4.69) is 13.8 Å². The molecule has 4 aliphatic carbocycles. The zero-order valence-corrected chi connectivity index (χ0v) is 28.3. The molecular formula is C35H54O14. The van der Waals surface area contributed by atoms with Gasteiger partial charge in [-0.15, -0.1) is 0 Å². The van der Waals surface area contributed by atoms with Crippen LogP contribution in [0.3, 0.4) is 0 Å². The largest absolute Gasteiger partial charge is 0.461 e. The number of hydrogen-bond donors (Lipinski definition) is 8. The van der Waals surface area contributed by atoms with Crippen LogP contribution in [0.1, 0.15) is 78.1 Å². The Labute approximate surface area is 285 Å². The summed E-state index contributed by atoms with van der Waals surface area (Å²) in [5, 5.41) is 84.8. The Morgan fingerprint density at radius 3 is 2.14 bits per heavy atom. The summed E-state index contributed by atoms with van der Waals surface area (Å²) in [6.07, 6.45) is -7.60. The van der Waals surface area contributed by atoms with Crippen molar-refractivity contribution in [2.24, 2.45) is 28.6 Å². The Morgan fingerprint density at radius 2 is 1.47 bits per heavy atom. The summed E-state index contributed by atoms with van der Waals surface area (Å²) in [5.41, 5.74) is 1.03. The summed E-state index contributed by atoms with van der Waals surface area (Å²) in [4.78, 5) is 11.9. The molecule has 8 N–H and O–H groups in total. The highest BCUT2D eigenvalue weighted by atomic mass is 16.8. The molecule has 3 saturated heterocycles. The third kappa shape index (κ3) is 5.73. The number of hydrogen-bond acceptors (Lipinski definition) is 14. The summed E-state index contributed by atoms with van der Waals surface area (Å²) >= 11 is 0. The van der Waals surface area contributed by atoms with Crippen molar-refractivity contribution in [3.8, 4) is 0 Å². The molecule has 278 valence electrons. The molecule has 0 radical (unpaired) electrons. The monoisotopic (exact) mass is 698 g/mol. The molecule has 49 heavy (non-hydrogen) atoms. The van der Waals surface area contributed by atoms with Crippen LogP contribution >= 0.6 is 0 Å². The van der Waals surface area contributed by atoms with Gasteiger partial charge in [0.15, 0.2) is 12.6 Å². The summed E-state index contributed by atoms with van der Waals surface area (Å²) in [6.45, 7) is 3.61. The lowest BCUT2D eigenvalue weighted by atomic mass is 9.43. The van der Waals surface area contributed by atoms with E-state index in [0.717, 1.165) is 44.1 Å². The standard InChI is InChI=1S/C35H54O14/c1-33-8-5-18(46-32-30(28(42)26(40)23(14-37)48-32)49-31-29(43)27(41)25(39)22(13-36)47-31)12-17(33)3-4-21-20(33)6-9-34(2)19(7-10-35(21,34)44)16-11-24(38)45-15-16/h17-18,20-23,25-32,36-37,39-44H,3-15H2,1-2H3/b19-16-/t17-,18-,20-,21+,22-,23-,25+,26+,27+,28+,29+,30+,31+,32-,33+,34-,35-/m0/s1. The van der Waals surface area contributed by atoms with Crippen molar-refractivity contribution in [1.29, 1.82) is 0 Å². The number of cyclic esters (lactones) is 1. The van der Waals surface area contributed by atoms with Gasteiger partial charge in [-0.2, -0.15) is 0 Å². The molecule has 17 atom stereocenters. The third-order valence-electron chi connectivity index (χ3n) is 14.1. The molecule has 0 aromatic rings. The van der Waals surface area contributed by atoms with E-state index in [1.54, 1.807) is 0 Å². The van der Waals surface area contributed by atoms with Crippen LogP contribution in [0.25, 0.3) is 0 Å². The van der Waals surface area contributed by atoms with E-state index in [1.807, 2.05) is 0 Å². The molecule has 4 saturated carbocycles. The lowest BCUT2D eigenvalue weighted by molar-refractivity contribution is -0.373. The van der Waals surface area contributed by atoms with Crippen molar-refractivity contribution >= 4 is 5.97 Å². The van der Waals surface area contributed by atoms with Crippen molar-refractivity contribution in [3.63, 3.8) is 0 Å². The average molecular weight is 699 g/mol. The summed E-state index contributed by atoms with van der Waals surface area (Å²) in [6, 6.07) is 0. The second-order valence-electron chi connectivity index (χ2n) is 16.2. The molecule has 3 aliphatic heterocycles. The van der Waals surface area contributed by atoms with E-state index in [4.69, 9.17) is 23.7 Å². The first-order valence-corrected chi connectivity index (χ1v) is 18.1. The van der Waals surface area contributed by atoms with E-state index < -0.39 is 80.2 Å². The van der Waals surface area contributed by atoms with Gasteiger partial charge in [-0.25, -0.2) is 0 Å². The Balaban J connectivity index is 1.06. The maximum absolute atomic E-state index is 12.5. The zero-order chi connectivity index (χ0) is 35.0. The first-order valence-electron chi connectivity index (χ1n) is 18.1. The number of carbonyl (C=O) groups is 1. The van der Waals surface area contributed by atoms with E-state index in [0.29, 0.717) is 38.2 Å². The zero-order valence-electron chi connectivity index (χ0n) is 28.3. The molecule has 0 aromatic carbocycles. The van der Waals surface area contributed by atoms with Gasteiger partial charge in [0.05, 0.1) is 31.3 Å². The molecule has 7 fully saturated rings. The predicted molar refractivity (Wildman–Crippen MR) is 167 cm³/mol. The normalized spacial score (nSPS) is 54.6. The number of ether oxygens (including phenoxy) is 5. The molecule has 7 rings (SSSR count). The number of aliphatic hydroxyl groups is 8. The maximum Gasteiger partial charge on any atom is 0.310 e. The highest BCUT2D eigenvalue weighted by Crippen LogP contribution is 2.69. The molecule has 7 aliphatic rings. The first-order chi connectivity index (χ1) is 23.3. The SMILES string of the molecule is C[C@@]12CC[C@H](O[C@H]3O[C@@H](CO)[C@@H](O)[C@@H](O)[C@H]3O[C@H]3O[C@@H](CO)[C@@H](O)[C@@H](O)[C@H]3O)C[C@@H]1CC[C@@H]1[C@@H]2CC[C@@]2(C)/C(=C3\COC(=O)C3)CC[C@]12O. The minimum absolute atomic E-state index is 0.0365. The first kappa shape index (κ1) is 36.1. The molecule has 0 spiro atoms. The van der Waals surface area contributed by atoms with E-state index in [1.165, 1.54) is 5.57 Å². The molecule has 0 aromatic heterocycles. The van der Waals surface area contributed by atoms with Gasteiger partial charge in [0, 0.05) is 5.41 Å². The van der Waals surface area contributed by atoms with Gasteiger partial charge in [-0.3, -0.25) is 4.79 Å². The minimum atomic E-state index is -1.74. The third-order valence-corrected chi connectivity index (χ3v) is 14.1. The Bertz CT molecular complexity index is 1280. The van der Waals surface area contributed by atoms with E-state index in [-0.39, 0.29) is 34.7 Å². The number of fused-ring (bicyclic) bond motifs is 5. The number of carbonyl (C=O) groups excluding carboxylic acids is 1. The van der Waals surface area contributed by atoms with Crippen LogP contribution in [0, 0.1) is 28.6 Å². The van der Waals surface area contributed by atoms with Crippen molar-refractivity contribution in [3.05, 3.63) is 11.1 Å². The highest BCUT2D eigenvalue weighted by Gasteiger charge is 2.66. The Morgan fingerprint density at radius 1 is 0.776 bits per heavy atom. The van der Waals surface area contributed by atoms with Crippen molar-refractivity contribution in [2.75, 3.05) is 19.8 Å². The van der Waals surface area contributed by atoms with Crippen LogP contribution in [0.5, 0.6) is 0 Å². The fraction of sp³-hybridized carbons (Fsp3) is 0.914. The van der Waals surface area contributed by atoms with Crippen molar-refractivity contribution < 1.29 is 69.3 Å². The number of rotatable bonds is 6. The van der Waals surface area contributed by atoms with Gasteiger partial charge in [0.25, 0.3) is 0 Å². The van der Waals surface area contributed by atoms with Crippen LogP contribution < -0.4 is 0 Å². The van der Waals surface area contributed by atoms with E-state index >= 15 is 0 Å². The maximum atomic E-state index is 12.5. The molecule has 0 unspecified atom stereocenters. The summed E-state index contributed by atoms with van der Waals surface area (Å²) in [7, 11) is 0. The highest BCUT2D eigenvalue weighted by molar-refractivity contribution is 5.76. The topological polar surface area (TPSA) is 225 Å². The van der Waals surface area contributed by atoms with Gasteiger partial charge >= 0.3 is 5.97 Å². The number of aliphatic hydroxyl groups excluding tert-OH is 7. The fourth-order valence-corrected chi connectivity index (χ4v) is 11.2. The Kier molecular flexibility index (Phi) is 9.80. The molecule has 0 amide bonds. The predicted octanol–water partition coefficient (Wildman–Crippen LogP) is -0.603. The fourth-order valence-electron chi connectivity index (χ4n) is 11.2. The van der Waals surface area contributed by atoms with Crippen LogP contribution in [-0.2, 0) is 28.5 Å². The van der Waals surface area contributed by atoms with E-state index in [9.17, 15) is 45.6 Å². The molecular weight excluding hydrogens is 644 g/mol. The van der Waals surface area contributed by atoms with Crippen LogP contribution in [-0.4, -0.2) is 140 Å².